The normalized spacial score (nSPS) is 22.6. The van der Waals surface area contributed by atoms with Crippen LogP contribution in [0, 0.1) is 5.41 Å². The average molecular weight is 227 g/mol. The third-order valence-electron chi connectivity index (χ3n) is 3.99. The number of carbonyl (C=O) groups excluding carboxylic acids is 1. The largest absolute Gasteiger partial charge is 0.391 e. The highest BCUT2D eigenvalue weighted by Gasteiger charge is 2.38. The molecular formula is C13H25NO2. The lowest BCUT2D eigenvalue weighted by Gasteiger charge is -2.37. The van der Waals surface area contributed by atoms with Crippen molar-refractivity contribution in [2.75, 3.05) is 0 Å². The zero-order valence-electron chi connectivity index (χ0n) is 11.0. The number of hydrogen-bond acceptors (Lipinski definition) is 2. The first kappa shape index (κ1) is 13.5. The van der Waals surface area contributed by atoms with E-state index in [1.807, 2.05) is 20.8 Å². The molecule has 1 aliphatic rings. The molecule has 2 N–H and O–H groups in total. The summed E-state index contributed by atoms with van der Waals surface area (Å²) >= 11 is 0. The van der Waals surface area contributed by atoms with Crippen molar-refractivity contribution in [2.45, 2.75) is 71.4 Å². The van der Waals surface area contributed by atoms with Crippen molar-refractivity contribution in [3.8, 4) is 0 Å². The van der Waals surface area contributed by atoms with E-state index in [1.165, 1.54) is 6.42 Å². The van der Waals surface area contributed by atoms with Crippen LogP contribution in [0.1, 0.15) is 59.8 Å². The smallest absolute Gasteiger partial charge is 0.226 e. The first-order valence-corrected chi connectivity index (χ1v) is 6.29. The van der Waals surface area contributed by atoms with Crippen LogP contribution in [0.3, 0.4) is 0 Å². The Kier molecular flexibility index (Phi) is 4.00. The molecule has 1 amide bonds. The van der Waals surface area contributed by atoms with Gasteiger partial charge in [-0.25, -0.2) is 0 Å². The molecule has 0 bridgehead atoms. The second-order valence-corrected chi connectivity index (χ2v) is 5.97. The Morgan fingerprint density at radius 3 is 2.25 bits per heavy atom. The minimum atomic E-state index is -0.544. The summed E-state index contributed by atoms with van der Waals surface area (Å²) in [5.74, 6) is 0.0955. The number of amides is 1. The topological polar surface area (TPSA) is 49.3 Å². The van der Waals surface area contributed by atoms with Gasteiger partial charge in [-0.05, 0) is 33.6 Å². The molecule has 3 heteroatoms. The molecule has 16 heavy (non-hydrogen) atoms. The summed E-state index contributed by atoms with van der Waals surface area (Å²) in [6, 6.07) is 0. The Labute approximate surface area is 98.6 Å². The van der Waals surface area contributed by atoms with Gasteiger partial charge in [0, 0.05) is 5.41 Å². The zero-order chi connectivity index (χ0) is 12.4. The molecule has 3 nitrogen and oxygen atoms in total. The molecule has 1 fully saturated rings. The third kappa shape index (κ3) is 2.97. The molecule has 0 aromatic heterocycles. The summed E-state index contributed by atoms with van der Waals surface area (Å²) in [6.45, 7) is 7.48. The number of carbonyl (C=O) groups is 1. The van der Waals surface area contributed by atoms with E-state index in [0.29, 0.717) is 0 Å². The van der Waals surface area contributed by atoms with Crippen molar-refractivity contribution < 1.29 is 9.90 Å². The lowest BCUT2D eigenvalue weighted by atomic mass is 9.74. The molecular weight excluding hydrogens is 202 g/mol. The van der Waals surface area contributed by atoms with Crippen LogP contribution in [-0.2, 0) is 4.79 Å². The van der Waals surface area contributed by atoms with E-state index in [1.54, 1.807) is 6.92 Å². The van der Waals surface area contributed by atoms with Crippen LogP contribution in [0.2, 0.25) is 0 Å². The number of hydrogen-bond donors (Lipinski definition) is 2. The molecule has 1 aliphatic carbocycles. The minimum Gasteiger partial charge on any atom is -0.391 e. The van der Waals surface area contributed by atoms with E-state index < -0.39 is 11.6 Å². The highest BCUT2D eigenvalue weighted by Crippen LogP contribution is 2.36. The molecule has 0 heterocycles. The standard InChI is InChI=1S/C13H25NO2/c1-10(15)12(2,3)14-11(16)13(4)8-6-5-7-9-13/h10,15H,5-9H2,1-4H3,(H,14,16). The Hall–Kier alpha value is -0.570. The van der Waals surface area contributed by atoms with Crippen molar-refractivity contribution >= 4 is 5.91 Å². The van der Waals surface area contributed by atoms with E-state index in [2.05, 4.69) is 5.32 Å². The van der Waals surface area contributed by atoms with Gasteiger partial charge in [0.2, 0.25) is 5.91 Å². The Balaban J connectivity index is 2.64. The van der Waals surface area contributed by atoms with Crippen LogP contribution < -0.4 is 5.32 Å². The molecule has 0 spiro atoms. The van der Waals surface area contributed by atoms with Gasteiger partial charge in [0.1, 0.15) is 0 Å². The molecule has 1 saturated carbocycles. The quantitative estimate of drug-likeness (QED) is 0.777. The highest BCUT2D eigenvalue weighted by molar-refractivity contribution is 5.83. The predicted octanol–water partition coefficient (Wildman–Crippen LogP) is 2.23. The lowest BCUT2D eigenvalue weighted by Crippen LogP contribution is -2.55. The zero-order valence-corrected chi connectivity index (χ0v) is 11.0. The predicted molar refractivity (Wildman–Crippen MR) is 65.1 cm³/mol. The maximum absolute atomic E-state index is 12.2. The van der Waals surface area contributed by atoms with E-state index >= 15 is 0 Å². The van der Waals surface area contributed by atoms with Crippen molar-refractivity contribution in [2.24, 2.45) is 5.41 Å². The van der Waals surface area contributed by atoms with Crippen molar-refractivity contribution in [1.29, 1.82) is 0 Å². The van der Waals surface area contributed by atoms with Crippen molar-refractivity contribution in [1.82, 2.24) is 5.32 Å². The maximum Gasteiger partial charge on any atom is 0.226 e. The molecule has 1 atom stereocenters. The minimum absolute atomic E-state index is 0.0955. The summed E-state index contributed by atoms with van der Waals surface area (Å²) in [4.78, 5) is 12.2. The van der Waals surface area contributed by atoms with Crippen LogP contribution in [-0.4, -0.2) is 22.7 Å². The maximum atomic E-state index is 12.2. The molecule has 1 unspecified atom stereocenters. The Morgan fingerprint density at radius 1 is 1.31 bits per heavy atom. The molecule has 0 aromatic carbocycles. The fourth-order valence-electron chi connectivity index (χ4n) is 2.11. The summed E-state index contributed by atoms with van der Waals surface area (Å²) in [6.07, 6.45) is 4.91. The van der Waals surface area contributed by atoms with Crippen molar-refractivity contribution in [3.05, 3.63) is 0 Å². The van der Waals surface area contributed by atoms with Gasteiger partial charge >= 0.3 is 0 Å². The summed E-state index contributed by atoms with van der Waals surface area (Å²) in [7, 11) is 0. The highest BCUT2D eigenvalue weighted by atomic mass is 16.3. The Bertz CT molecular complexity index is 253. The monoisotopic (exact) mass is 227 g/mol. The van der Waals surface area contributed by atoms with E-state index in [9.17, 15) is 9.90 Å². The lowest BCUT2D eigenvalue weighted by molar-refractivity contribution is -0.135. The molecule has 0 saturated heterocycles. The average Bonchev–Trinajstić information content (AvgIpc) is 2.18. The molecule has 1 rings (SSSR count). The third-order valence-corrected chi connectivity index (χ3v) is 3.99. The van der Waals surface area contributed by atoms with Gasteiger partial charge in [-0.2, -0.15) is 0 Å². The van der Waals surface area contributed by atoms with Gasteiger partial charge in [0.25, 0.3) is 0 Å². The molecule has 0 aliphatic heterocycles. The first-order valence-electron chi connectivity index (χ1n) is 6.29. The molecule has 0 radical (unpaired) electrons. The fourth-order valence-corrected chi connectivity index (χ4v) is 2.11. The molecule has 94 valence electrons. The SMILES string of the molecule is CC(O)C(C)(C)NC(=O)C1(C)CCCCC1. The number of rotatable bonds is 3. The van der Waals surface area contributed by atoms with Crippen LogP contribution in [0.15, 0.2) is 0 Å². The van der Waals surface area contributed by atoms with Gasteiger partial charge in [0.15, 0.2) is 0 Å². The first-order chi connectivity index (χ1) is 7.28. The number of aliphatic hydroxyl groups excluding tert-OH is 1. The second kappa shape index (κ2) is 4.74. The summed E-state index contributed by atoms with van der Waals surface area (Å²) in [5, 5.41) is 12.6. The van der Waals surface area contributed by atoms with Gasteiger partial charge in [-0.3, -0.25) is 4.79 Å². The fraction of sp³-hybridized carbons (Fsp3) is 0.923. The Morgan fingerprint density at radius 2 is 1.81 bits per heavy atom. The number of aliphatic hydroxyl groups is 1. The van der Waals surface area contributed by atoms with Gasteiger partial charge in [-0.1, -0.05) is 26.2 Å². The summed E-state index contributed by atoms with van der Waals surface area (Å²) < 4.78 is 0. The van der Waals surface area contributed by atoms with Crippen molar-refractivity contribution in [3.63, 3.8) is 0 Å². The van der Waals surface area contributed by atoms with E-state index in [-0.39, 0.29) is 11.3 Å². The van der Waals surface area contributed by atoms with E-state index in [4.69, 9.17) is 0 Å². The van der Waals surface area contributed by atoms with E-state index in [0.717, 1.165) is 25.7 Å². The van der Waals surface area contributed by atoms with Gasteiger partial charge in [0.05, 0.1) is 11.6 Å². The van der Waals surface area contributed by atoms with Gasteiger partial charge in [-0.15, -0.1) is 0 Å². The van der Waals surface area contributed by atoms with Crippen LogP contribution in [0.25, 0.3) is 0 Å². The van der Waals surface area contributed by atoms with Crippen LogP contribution >= 0.6 is 0 Å². The summed E-state index contributed by atoms with van der Waals surface area (Å²) in [5.41, 5.74) is -0.776. The van der Waals surface area contributed by atoms with Gasteiger partial charge < -0.3 is 10.4 Å². The number of nitrogens with one attached hydrogen (secondary N) is 1. The molecule has 0 aromatic rings. The van der Waals surface area contributed by atoms with Crippen LogP contribution in [0.4, 0.5) is 0 Å². The second-order valence-electron chi connectivity index (χ2n) is 5.97. The van der Waals surface area contributed by atoms with Crippen LogP contribution in [0.5, 0.6) is 0 Å².